The monoisotopic (exact) mass is 252 g/mol. The molecular formula is C10H8N2O6. The van der Waals surface area contributed by atoms with Gasteiger partial charge in [0.1, 0.15) is 6.20 Å². The number of carbonyl (C=O) groups excluding carboxylic acids is 3. The molecule has 0 atom stereocenters. The molecule has 0 unspecified atom stereocenters. The Hall–Kier alpha value is -2.82. The Morgan fingerprint density at radius 1 is 1.39 bits per heavy atom. The number of ketones is 1. The molecule has 0 aliphatic rings. The molecular weight excluding hydrogens is 244 g/mol. The zero-order valence-electron chi connectivity index (χ0n) is 9.28. The molecule has 0 aromatic carbocycles. The summed E-state index contributed by atoms with van der Waals surface area (Å²) in [5.74, 6) is 2.43. The van der Waals surface area contributed by atoms with Crippen LogP contribution in [-0.2, 0) is 14.4 Å². The second kappa shape index (κ2) is 6.70. The van der Waals surface area contributed by atoms with E-state index >= 15 is 0 Å². The van der Waals surface area contributed by atoms with Crippen LogP contribution in [0.5, 0.6) is 11.6 Å². The Kier molecular flexibility index (Phi) is 4.93. The first kappa shape index (κ1) is 13.2. The fourth-order valence-corrected chi connectivity index (χ4v) is 0.876. The lowest BCUT2D eigenvalue weighted by Crippen LogP contribution is -2.18. The summed E-state index contributed by atoms with van der Waals surface area (Å²) in [6, 6.07) is 0. The van der Waals surface area contributed by atoms with Gasteiger partial charge >= 0.3 is 0 Å². The summed E-state index contributed by atoms with van der Waals surface area (Å²) in [7, 11) is 0. The zero-order chi connectivity index (χ0) is 13.4. The molecule has 0 N–H and O–H groups in total. The van der Waals surface area contributed by atoms with Gasteiger partial charge in [0.25, 0.3) is 5.88 Å². The summed E-state index contributed by atoms with van der Waals surface area (Å²) >= 11 is 0. The third kappa shape index (κ3) is 3.97. The van der Waals surface area contributed by atoms with Crippen molar-refractivity contribution in [2.45, 2.75) is 6.92 Å². The van der Waals surface area contributed by atoms with Crippen molar-refractivity contribution in [2.75, 3.05) is 6.61 Å². The van der Waals surface area contributed by atoms with Crippen molar-refractivity contribution in [1.82, 2.24) is 9.94 Å². The van der Waals surface area contributed by atoms with Crippen LogP contribution in [0.1, 0.15) is 6.92 Å². The largest absolute Gasteiger partial charge is 0.446 e. The van der Waals surface area contributed by atoms with E-state index < -0.39 is 0 Å². The molecule has 0 saturated carbocycles. The number of aromatic nitrogens is 2. The standard InChI is InChI=1S/C10H8N2O6/c1-8(15)7-18-12-6-9(16-4-2-13)10(11-12)17-5-3-14/h4-6H,7H2,1H3. The van der Waals surface area contributed by atoms with Gasteiger partial charge in [-0.05, 0) is 6.92 Å². The van der Waals surface area contributed by atoms with Gasteiger partial charge in [-0.2, -0.15) is 0 Å². The van der Waals surface area contributed by atoms with Crippen LogP contribution in [0, 0.1) is 0 Å². The molecule has 0 saturated heterocycles. The van der Waals surface area contributed by atoms with E-state index in [2.05, 4.69) is 5.10 Å². The highest BCUT2D eigenvalue weighted by atomic mass is 16.7. The van der Waals surface area contributed by atoms with E-state index in [-0.39, 0.29) is 24.0 Å². The maximum atomic E-state index is 10.7. The van der Waals surface area contributed by atoms with Gasteiger partial charge in [-0.25, -0.2) is 9.59 Å². The first-order valence-corrected chi connectivity index (χ1v) is 4.61. The molecule has 1 rings (SSSR count). The molecule has 0 fully saturated rings. The molecule has 94 valence electrons. The molecule has 18 heavy (non-hydrogen) atoms. The molecule has 8 nitrogen and oxygen atoms in total. The summed E-state index contributed by atoms with van der Waals surface area (Å²) in [5, 5.41) is 3.71. The van der Waals surface area contributed by atoms with Gasteiger partial charge in [-0.15, -0.1) is 0 Å². The quantitative estimate of drug-likeness (QED) is 0.469. The Balaban J connectivity index is 2.86. The van der Waals surface area contributed by atoms with E-state index in [1.807, 2.05) is 0 Å². The van der Waals surface area contributed by atoms with Gasteiger partial charge in [-0.1, -0.05) is 9.94 Å². The smallest absolute Gasteiger partial charge is 0.285 e. The van der Waals surface area contributed by atoms with Gasteiger partial charge in [-0.3, -0.25) is 4.79 Å². The normalized spacial score (nSPS) is 8.72. The Morgan fingerprint density at radius 3 is 2.67 bits per heavy atom. The van der Waals surface area contributed by atoms with E-state index in [1.54, 1.807) is 0 Å². The minimum absolute atomic E-state index is 0.00778. The average molecular weight is 252 g/mol. The summed E-state index contributed by atoms with van der Waals surface area (Å²) in [5.41, 5.74) is 0. The molecule has 1 aromatic heterocycles. The minimum atomic E-state index is -0.212. The molecule has 1 aromatic rings. The molecule has 0 spiro atoms. The predicted octanol–water partition coefficient (Wildman–Crippen LogP) is -0.651. The van der Waals surface area contributed by atoms with Crippen molar-refractivity contribution < 1.29 is 28.7 Å². The van der Waals surface area contributed by atoms with Crippen molar-refractivity contribution in [3.8, 4) is 11.6 Å². The molecule has 0 amide bonds. The number of ether oxygens (including phenoxy) is 2. The van der Waals surface area contributed by atoms with Crippen molar-refractivity contribution in [2.24, 2.45) is 0 Å². The summed E-state index contributed by atoms with van der Waals surface area (Å²) in [6.07, 6.45) is 2.64. The van der Waals surface area contributed by atoms with Crippen LogP contribution < -0.4 is 14.3 Å². The van der Waals surface area contributed by atoms with Crippen LogP contribution in [0.15, 0.2) is 18.7 Å². The Labute approximate surface area is 101 Å². The SMILES string of the molecule is CC(=O)COn1cc(OC=C=O)c(OC=C=O)n1. The van der Waals surface area contributed by atoms with Crippen molar-refractivity contribution in [3.63, 3.8) is 0 Å². The molecule has 0 bridgehead atoms. The fourth-order valence-electron chi connectivity index (χ4n) is 0.876. The number of hydrogen-bond acceptors (Lipinski definition) is 7. The minimum Gasteiger partial charge on any atom is -0.446 e. The maximum Gasteiger partial charge on any atom is 0.285 e. The number of carbonyl (C=O) groups is 1. The van der Waals surface area contributed by atoms with E-state index in [0.29, 0.717) is 6.26 Å². The lowest BCUT2D eigenvalue weighted by atomic mass is 10.5. The highest BCUT2D eigenvalue weighted by Crippen LogP contribution is 2.24. The van der Waals surface area contributed by atoms with Crippen LogP contribution >= 0.6 is 0 Å². The Morgan fingerprint density at radius 2 is 2.06 bits per heavy atom. The van der Waals surface area contributed by atoms with Crippen LogP contribution in [0.2, 0.25) is 0 Å². The molecule has 0 radical (unpaired) electrons. The average Bonchev–Trinajstić information content (AvgIpc) is 2.73. The van der Waals surface area contributed by atoms with Gasteiger partial charge in [0.15, 0.2) is 36.8 Å². The summed E-state index contributed by atoms with van der Waals surface area (Å²) in [4.78, 5) is 36.5. The highest BCUT2D eigenvalue weighted by molar-refractivity contribution is 5.76. The highest BCUT2D eigenvalue weighted by Gasteiger charge is 2.12. The lowest BCUT2D eigenvalue weighted by molar-refractivity contribution is -0.122. The summed E-state index contributed by atoms with van der Waals surface area (Å²) < 4.78 is 9.55. The lowest BCUT2D eigenvalue weighted by Gasteiger charge is -1.99. The van der Waals surface area contributed by atoms with E-state index in [0.717, 1.165) is 11.1 Å². The first-order valence-electron chi connectivity index (χ1n) is 4.61. The van der Waals surface area contributed by atoms with Crippen LogP contribution in [0.25, 0.3) is 0 Å². The Bertz CT molecular complexity index is 485. The predicted molar refractivity (Wildman–Crippen MR) is 56.1 cm³/mol. The van der Waals surface area contributed by atoms with Crippen LogP contribution in [0.3, 0.4) is 0 Å². The maximum absolute atomic E-state index is 10.7. The molecule has 0 aliphatic carbocycles. The van der Waals surface area contributed by atoms with E-state index in [1.165, 1.54) is 25.0 Å². The zero-order valence-corrected chi connectivity index (χ0v) is 9.28. The topological polar surface area (TPSA) is 96.7 Å². The van der Waals surface area contributed by atoms with Crippen LogP contribution in [-0.4, -0.2) is 34.2 Å². The molecule has 0 aliphatic heterocycles. The van der Waals surface area contributed by atoms with Gasteiger partial charge in [0.2, 0.25) is 5.75 Å². The molecule has 1 heterocycles. The second-order valence-corrected chi connectivity index (χ2v) is 2.88. The summed E-state index contributed by atoms with van der Waals surface area (Å²) in [6.45, 7) is 1.14. The van der Waals surface area contributed by atoms with Gasteiger partial charge < -0.3 is 14.3 Å². The van der Waals surface area contributed by atoms with Crippen molar-refractivity contribution in [1.29, 1.82) is 0 Å². The first-order chi connectivity index (χ1) is 8.67. The number of nitrogens with zero attached hydrogens (tertiary/aromatic N) is 2. The number of hydrogen-bond donors (Lipinski definition) is 0. The van der Waals surface area contributed by atoms with Gasteiger partial charge in [0.05, 0.1) is 0 Å². The third-order valence-corrected chi connectivity index (χ3v) is 1.48. The third-order valence-electron chi connectivity index (χ3n) is 1.48. The van der Waals surface area contributed by atoms with Gasteiger partial charge in [0, 0.05) is 0 Å². The van der Waals surface area contributed by atoms with Crippen molar-refractivity contribution >= 4 is 17.7 Å². The number of rotatable bonds is 7. The van der Waals surface area contributed by atoms with E-state index in [9.17, 15) is 14.4 Å². The second-order valence-electron chi connectivity index (χ2n) is 2.88. The number of Topliss-reactive ketones (excluding diaryl/α,β-unsaturated/α-hetero) is 1. The van der Waals surface area contributed by atoms with E-state index in [4.69, 9.17) is 14.3 Å². The fraction of sp³-hybridized carbons (Fsp3) is 0.200. The molecule has 8 heteroatoms. The van der Waals surface area contributed by atoms with Crippen LogP contribution in [0.4, 0.5) is 0 Å². The van der Waals surface area contributed by atoms with Crippen molar-refractivity contribution in [3.05, 3.63) is 18.7 Å².